The average molecular weight is 258 g/mol. The third-order valence-corrected chi connectivity index (χ3v) is 2.99. The fourth-order valence-corrected chi connectivity index (χ4v) is 2.04. The van der Waals surface area contributed by atoms with Crippen LogP contribution >= 0.6 is 0 Å². The number of carbonyl (C=O) groups is 1. The maximum absolute atomic E-state index is 12.6. The van der Waals surface area contributed by atoms with E-state index in [0.717, 1.165) is 16.7 Å². The lowest BCUT2D eigenvalue weighted by molar-refractivity contribution is 0.0739. The summed E-state index contributed by atoms with van der Waals surface area (Å²) < 4.78 is 0. The summed E-state index contributed by atoms with van der Waals surface area (Å²) in [5.41, 5.74) is 2.82. The number of rotatable bonds is 5. The molecule has 0 N–H and O–H groups in total. The van der Waals surface area contributed by atoms with E-state index in [-0.39, 0.29) is 5.91 Å². The normalized spacial score (nSPS) is 10.3. The van der Waals surface area contributed by atoms with Crippen molar-refractivity contribution in [1.29, 1.82) is 5.26 Å². The van der Waals surface area contributed by atoms with Crippen molar-refractivity contribution in [2.75, 3.05) is 13.1 Å². The number of nitrogens with zero attached hydrogens (tertiary/aromatic N) is 2. The number of amides is 1. The van der Waals surface area contributed by atoms with Gasteiger partial charge < -0.3 is 4.90 Å². The summed E-state index contributed by atoms with van der Waals surface area (Å²) in [6.45, 7) is 9.28. The second-order valence-electron chi connectivity index (χ2n) is 5.37. The highest BCUT2D eigenvalue weighted by Crippen LogP contribution is 2.15. The van der Waals surface area contributed by atoms with Gasteiger partial charge in [0.05, 0.1) is 12.5 Å². The quantitative estimate of drug-likeness (QED) is 0.813. The second-order valence-corrected chi connectivity index (χ2v) is 5.37. The molecule has 0 bridgehead atoms. The van der Waals surface area contributed by atoms with E-state index in [4.69, 9.17) is 5.26 Å². The van der Waals surface area contributed by atoms with Crippen LogP contribution in [0.15, 0.2) is 18.2 Å². The molecule has 3 nitrogen and oxygen atoms in total. The Hall–Kier alpha value is -1.82. The van der Waals surface area contributed by atoms with Crippen LogP contribution < -0.4 is 0 Å². The van der Waals surface area contributed by atoms with E-state index in [1.165, 1.54) is 0 Å². The average Bonchev–Trinajstić information content (AvgIpc) is 2.36. The van der Waals surface area contributed by atoms with Crippen molar-refractivity contribution in [3.8, 4) is 6.07 Å². The molecular weight excluding hydrogens is 236 g/mol. The van der Waals surface area contributed by atoms with Crippen LogP contribution in [0.4, 0.5) is 0 Å². The molecule has 0 radical (unpaired) electrons. The van der Waals surface area contributed by atoms with Crippen molar-refractivity contribution in [2.45, 2.75) is 34.1 Å². The number of carbonyl (C=O) groups excluding carboxylic acids is 1. The third kappa shape index (κ3) is 4.40. The van der Waals surface area contributed by atoms with Crippen LogP contribution in [0.3, 0.4) is 0 Å². The summed E-state index contributed by atoms with van der Waals surface area (Å²) in [7, 11) is 0. The van der Waals surface area contributed by atoms with Crippen LogP contribution in [0.2, 0.25) is 0 Å². The first-order valence-corrected chi connectivity index (χ1v) is 6.69. The van der Waals surface area contributed by atoms with Crippen molar-refractivity contribution in [1.82, 2.24) is 4.90 Å². The van der Waals surface area contributed by atoms with Crippen molar-refractivity contribution in [3.05, 3.63) is 34.9 Å². The van der Waals surface area contributed by atoms with Crippen LogP contribution in [-0.4, -0.2) is 23.9 Å². The minimum absolute atomic E-state index is 0.0325. The maximum atomic E-state index is 12.6. The fraction of sp³-hybridized carbons (Fsp3) is 0.500. The molecule has 0 unspecified atom stereocenters. The number of nitriles is 1. The summed E-state index contributed by atoms with van der Waals surface area (Å²) in [5.74, 6) is 0.429. The summed E-state index contributed by atoms with van der Waals surface area (Å²) >= 11 is 0. The molecule has 0 saturated carbocycles. The van der Waals surface area contributed by atoms with Gasteiger partial charge in [-0.25, -0.2) is 0 Å². The van der Waals surface area contributed by atoms with Crippen molar-refractivity contribution in [2.24, 2.45) is 5.92 Å². The molecule has 0 spiro atoms. The lowest BCUT2D eigenvalue weighted by Gasteiger charge is -2.24. The van der Waals surface area contributed by atoms with E-state index < -0.39 is 0 Å². The Morgan fingerprint density at radius 3 is 2.63 bits per heavy atom. The molecule has 0 aliphatic rings. The zero-order valence-corrected chi connectivity index (χ0v) is 12.2. The number of hydrogen-bond donors (Lipinski definition) is 0. The Morgan fingerprint density at radius 2 is 2.05 bits per heavy atom. The number of aryl methyl sites for hydroxylation is 2. The minimum Gasteiger partial charge on any atom is -0.337 e. The molecule has 1 aromatic rings. The molecule has 0 fully saturated rings. The first-order valence-electron chi connectivity index (χ1n) is 6.69. The molecule has 0 heterocycles. The van der Waals surface area contributed by atoms with Crippen molar-refractivity contribution in [3.63, 3.8) is 0 Å². The molecule has 19 heavy (non-hydrogen) atoms. The van der Waals surface area contributed by atoms with Crippen LogP contribution in [0.5, 0.6) is 0 Å². The van der Waals surface area contributed by atoms with Crippen molar-refractivity contribution >= 4 is 5.91 Å². The smallest absolute Gasteiger partial charge is 0.254 e. The Kier molecular flexibility index (Phi) is 5.57. The fourth-order valence-electron chi connectivity index (χ4n) is 2.04. The van der Waals surface area contributed by atoms with Crippen LogP contribution in [0.1, 0.15) is 41.8 Å². The highest BCUT2D eigenvalue weighted by Gasteiger charge is 2.18. The zero-order valence-electron chi connectivity index (χ0n) is 12.2. The van der Waals surface area contributed by atoms with E-state index in [1.807, 2.05) is 32.0 Å². The highest BCUT2D eigenvalue weighted by atomic mass is 16.2. The monoisotopic (exact) mass is 258 g/mol. The van der Waals surface area contributed by atoms with Gasteiger partial charge in [-0.15, -0.1) is 0 Å². The van der Waals surface area contributed by atoms with Gasteiger partial charge in [-0.05, 0) is 31.4 Å². The van der Waals surface area contributed by atoms with Crippen LogP contribution in [0.25, 0.3) is 0 Å². The Balaban J connectivity index is 2.97. The van der Waals surface area contributed by atoms with E-state index in [0.29, 0.717) is 25.4 Å². The predicted octanol–water partition coefficient (Wildman–Crippen LogP) is 3.32. The predicted molar refractivity (Wildman–Crippen MR) is 76.9 cm³/mol. The highest BCUT2D eigenvalue weighted by molar-refractivity contribution is 5.95. The molecule has 0 aliphatic carbocycles. The maximum Gasteiger partial charge on any atom is 0.254 e. The van der Waals surface area contributed by atoms with E-state index in [2.05, 4.69) is 19.9 Å². The molecule has 0 atom stereocenters. The molecule has 0 aliphatic heterocycles. The van der Waals surface area contributed by atoms with Crippen LogP contribution in [0, 0.1) is 31.1 Å². The van der Waals surface area contributed by atoms with Gasteiger partial charge in [0.15, 0.2) is 0 Å². The van der Waals surface area contributed by atoms with Gasteiger partial charge in [-0.1, -0.05) is 31.5 Å². The molecule has 1 amide bonds. The van der Waals surface area contributed by atoms with E-state index >= 15 is 0 Å². The summed E-state index contributed by atoms with van der Waals surface area (Å²) in [4.78, 5) is 14.4. The first kappa shape index (κ1) is 15.2. The zero-order chi connectivity index (χ0) is 14.4. The Labute approximate surface area is 115 Å². The summed E-state index contributed by atoms with van der Waals surface area (Å²) in [6, 6.07) is 8.02. The van der Waals surface area contributed by atoms with Gasteiger partial charge in [-0.2, -0.15) is 5.26 Å². The molecule has 0 aromatic heterocycles. The number of hydrogen-bond acceptors (Lipinski definition) is 2. The Bertz CT molecular complexity index is 486. The van der Waals surface area contributed by atoms with Crippen molar-refractivity contribution < 1.29 is 4.79 Å². The standard InChI is InChI=1S/C16H22N2O/c1-12(2)11-18(9-5-8-17)16(19)15-10-13(3)6-7-14(15)4/h6-7,10,12H,5,9,11H2,1-4H3. The van der Waals surface area contributed by atoms with Gasteiger partial charge in [0.25, 0.3) is 5.91 Å². The summed E-state index contributed by atoms with van der Waals surface area (Å²) in [5, 5.41) is 8.71. The molecular formula is C16H22N2O. The van der Waals surface area contributed by atoms with Gasteiger partial charge in [0.2, 0.25) is 0 Å². The minimum atomic E-state index is 0.0325. The Morgan fingerprint density at radius 1 is 1.37 bits per heavy atom. The van der Waals surface area contributed by atoms with Gasteiger partial charge in [-0.3, -0.25) is 4.79 Å². The molecule has 0 saturated heterocycles. The lowest BCUT2D eigenvalue weighted by atomic mass is 10.0. The molecule has 1 aromatic carbocycles. The van der Waals surface area contributed by atoms with Gasteiger partial charge in [0, 0.05) is 18.7 Å². The van der Waals surface area contributed by atoms with E-state index in [1.54, 1.807) is 4.90 Å². The number of benzene rings is 1. The molecule has 3 heteroatoms. The first-order chi connectivity index (χ1) is 8.95. The van der Waals surface area contributed by atoms with E-state index in [9.17, 15) is 4.79 Å². The molecule has 102 valence electrons. The largest absolute Gasteiger partial charge is 0.337 e. The summed E-state index contributed by atoms with van der Waals surface area (Å²) in [6.07, 6.45) is 0.378. The second kappa shape index (κ2) is 6.94. The van der Waals surface area contributed by atoms with Crippen LogP contribution in [-0.2, 0) is 0 Å². The van der Waals surface area contributed by atoms with Gasteiger partial charge in [0.1, 0.15) is 0 Å². The lowest BCUT2D eigenvalue weighted by Crippen LogP contribution is -2.35. The van der Waals surface area contributed by atoms with Gasteiger partial charge >= 0.3 is 0 Å². The SMILES string of the molecule is Cc1ccc(C)c(C(=O)N(CCC#N)CC(C)C)c1. The third-order valence-electron chi connectivity index (χ3n) is 2.99. The molecule has 1 rings (SSSR count). The topological polar surface area (TPSA) is 44.1 Å².